The smallest absolute Gasteiger partial charge is 0.309 e. The van der Waals surface area contributed by atoms with Crippen molar-refractivity contribution in [2.45, 2.75) is 64.5 Å². The number of methoxy groups -OCH3 is 1. The Hall–Kier alpha value is -2.13. The molecule has 0 amide bonds. The molecule has 0 radical (unpaired) electrons. The average molecular weight is 435 g/mol. The van der Waals surface area contributed by atoms with Gasteiger partial charge in [-0.25, -0.2) is 9.25 Å². The van der Waals surface area contributed by atoms with Crippen LogP contribution in [0.5, 0.6) is 0 Å². The number of esters is 1. The van der Waals surface area contributed by atoms with Gasteiger partial charge in [-0.15, -0.1) is 5.10 Å². The van der Waals surface area contributed by atoms with E-state index in [0.717, 1.165) is 18.0 Å². The fourth-order valence-corrected chi connectivity index (χ4v) is 4.14. The molecule has 30 heavy (non-hydrogen) atoms. The van der Waals surface area contributed by atoms with Crippen LogP contribution in [0.2, 0.25) is 25.7 Å². The van der Waals surface area contributed by atoms with Crippen molar-refractivity contribution >= 4 is 14.0 Å². The molecule has 0 unspecified atom stereocenters. The Morgan fingerprint density at radius 1 is 1.27 bits per heavy atom. The van der Waals surface area contributed by atoms with Gasteiger partial charge in [-0.3, -0.25) is 4.79 Å². The molecule has 0 bridgehead atoms. The Morgan fingerprint density at radius 2 is 1.97 bits per heavy atom. The van der Waals surface area contributed by atoms with Crippen LogP contribution in [-0.4, -0.2) is 48.0 Å². The lowest BCUT2D eigenvalue weighted by Gasteiger charge is -2.24. The Balaban J connectivity index is 2.26. The Morgan fingerprint density at radius 3 is 2.57 bits per heavy atom. The lowest BCUT2D eigenvalue weighted by molar-refractivity contribution is -0.671. The van der Waals surface area contributed by atoms with E-state index in [2.05, 4.69) is 54.2 Å². The van der Waals surface area contributed by atoms with Gasteiger partial charge in [0.05, 0.1) is 13.0 Å². The van der Waals surface area contributed by atoms with Crippen LogP contribution in [0.1, 0.15) is 37.1 Å². The molecule has 0 aliphatic rings. The molecule has 2 aromatic heterocycles. The molecule has 2 atom stereocenters. The molecular formula is C21H36N5O3Si+. The molecule has 0 aromatic carbocycles. The molecule has 166 valence electrons. The average Bonchev–Trinajstić information content (AvgIpc) is 3.16. The zero-order valence-corrected chi connectivity index (χ0v) is 20.2. The number of carbonyl (C=O) groups is 1. The largest absolute Gasteiger partial charge is 0.469 e. The summed E-state index contributed by atoms with van der Waals surface area (Å²) in [7, 11) is 2.25. The topological polar surface area (TPSA) is 83.0 Å². The van der Waals surface area contributed by atoms with Gasteiger partial charge >= 0.3 is 5.97 Å². The summed E-state index contributed by atoms with van der Waals surface area (Å²) in [5, 5.41) is 12.3. The summed E-state index contributed by atoms with van der Waals surface area (Å²) >= 11 is 0. The molecule has 0 spiro atoms. The second kappa shape index (κ2) is 11.3. The molecule has 9 heteroatoms. The van der Waals surface area contributed by atoms with E-state index < -0.39 is 8.07 Å². The van der Waals surface area contributed by atoms with E-state index in [1.807, 2.05) is 24.0 Å². The molecule has 2 rings (SSSR count). The van der Waals surface area contributed by atoms with Gasteiger partial charge in [-0.1, -0.05) is 33.0 Å². The third kappa shape index (κ3) is 7.28. The number of rotatable bonds is 12. The van der Waals surface area contributed by atoms with Crippen molar-refractivity contribution in [3.8, 4) is 0 Å². The van der Waals surface area contributed by atoms with E-state index in [-0.39, 0.29) is 24.5 Å². The normalized spacial score (nSPS) is 13.8. The van der Waals surface area contributed by atoms with Crippen molar-refractivity contribution in [3.05, 3.63) is 35.9 Å². The summed E-state index contributed by atoms with van der Waals surface area (Å²) in [6, 6.07) is 5.20. The second-order valence-corrected chi connectivity index (χ2v) is 14.6. The fraction of sp³-hybridized carbons (Fsp3) is 0.667. The van der Waals surface area contributed by atoms with Crippen LogP contribution < -0.4 is 4.57 Å². The lowest BCUT2D eigenvalue weighted by atomic mass is 9.83. The van der Waals surface area contributed by atoms with E-state index in [0.29, 0.717) is 25.3 Å². The first-order valence-electron chi connectivity index (χ1n) is 10.6. The first kappa shape index (κ1) is 24.1. The number of aromatic nitrogens is 5. The van der Waals surface area contributed by atoms with Gasteiger partial charge in [-0.2, -0.15) is 0 Å². The van der Waals surface area contributed by atoms with Crippen LogP contribution in [0.25, 0.3) is 0 Å². The van der Waals surface area contributed by atoms with E-state index in [9.17, 15) is 4.79 Å². The molecule has 0 saturated heterocycles. The summed E-state index contributed by atoms with van der Waals surface area (Å²) in [6.07, 6.45) is 6.23. The monoisotopic (exact) mass is 434 g/mol. The van der Waals surface area contributed by atoms with Crippen molar-refractivity contribution in [2.75, 3.05) is 13.7 Å². The Labute approximate surface area is 180 Å². The maximum absolute atomic E-state index is 12.6. The van der Waals surface area contributed by atoms with Crippen LogP contribution in [0, 0.1) is 5.92 Å². The molecule has 8 nitrogen and oxygen atoms in total. The van der Waals surface area contributed by atoms with Crippen LogP contribution in [0.15, 0.2) is 24.5 Å². The molecular weight excluding hydrogens is 398 g/mol. The molecule has 0 fully saturated rings. The number of hydrogen-bond acceptors (Lipinski definition) is 6. The van der Waals surface area contributed by atoms with Crippen LogP contribution in [0.3, 0.4) is 0 Å². The zero-order chi connectivity index (χ0) is 22.1. The number of hydrogen-bond donors (Lipinski definition) is 0. The minimum atomic E-state index is -1.17. The van der Waals surface area contributed by atoms with E-state index in [1.54, 1.807) is 4.68 Å². The highest BCUT2D eigenvalue weighted by Crippen LogP contribution is 2.31. The van der Waals surface area contributed by atoms with Gasteiger partial charge in [0, 0.05) is 32.7 Å². The molecule has 0 aliphatic heterocycles. The third-order valence-corrected chi connectivity index (χ3v) is 6.90. The number of pyridine rings is 1. The summed E-state index contributed by atoms with van der Waals surface area (Å²) in [6.45, 7) is 10.00. The van der Waals surface area contributed by atoms with E-state index >= 15 is 0 Å². The SMILES string of the molecule is CCC[C@H](C(=O)OC)[C@H](Cc1cc[n+](C)cc1)c1nnnn1COCC[Si](C)(C)C. The van der Waals surface area contributed by atoms with Crippen LogP contribution in [-0.2, 0) is 34.5 Å². The minimum Gasteiger partial charge on any atom is -0.469 e. The molecule has 0 aliphatic carbocycles. The maximum atomic E-state index is 12.6. The van der Waals surface area contributed by atoms with Crippen molar-refractivity contribution in [3.63, 3.8) is 0 Å². The molecule has 0 saturated carbocycles. The number of aryl methyl sites for hydroxylation is 1. The number of ether oxygens (including phenoxy) is 2. The van der Waals surface area contributed by atoms with Gasteiger partial charge in [0.15, 0.2) is 18.2 Å². The third-order valence-electron chi connectivity index (χ3n) is 5.19. The Kier molecular flexibility index (Phi) is 9.10. The van der Waals surface area contributed by atoms with E-state index in [1.165, 1.54) is 7.11 Å². The van der Waals surface area contributed by atoms with Crippen LogP contribution >= 0.6 is 0 Å². The predicted molar refractivity (Wildman–Crippen MR) is 116 cm³/mol. The first-order valence-corrected chi connectivity index (χ1v) is 14.3. The summed E-state index contributed by atoms with van der Waals surface area (Å²) < 4.78 is 14.7. The maximum Gasteiger partial charge on any atom is 0.309 e. The quantitative estimate of drug-likeness (QED) is 0.221. The fourth-order valence-electron chi connectivity index (χ4n) is 3.38. The highest BCUT2D eigenvalue weighted by atomic mass is 28.3. The zero-order valence-electron chi connectivity index (χ0n) is 19.2. The number of tetrazole rings is 1. The molecule has 0 N–H and O–H groups in total. The number of nitrogens with zero attached hydrogens (tertiary/aromatic N) is 5. The van der Waals surface area contributed by atoms with Crippen molar-refractivity contribution in [2.24, 2.45) is 13.0 Å². The van der Waals surface area contributed by atoms with Gasteiger partial charge in [0.2, 0.25) is 0 Å². The molecule has 2 heterocycles. The van der Waals surface area contributed by atoms with Crippen molar-refractivity contribution < 1.29 is 18.8 Å². The number of carbonyl (C=O) groups excluding carboxylic acids is 1. The van der Waals surface area contributed by atoms with Gasteiger partial charge in [-0.05, 0) is 34.9 Å². The van der Waals surface area contributed by atoms with Gasteiger partial charge in [0.25, 0.3) is 0 Å². The van der Waals surface area contributed by atoms with Crippen LogP contribution in [0.4, 0.5) is 0 Å². The molecule has 2 aromatic rings. The summed E-state index contributed by atoms with van der Waals surface area (Å²) in [5.41, 5.74) is 1.12. The standard InChI is InChI=1S/C21H36N5O3Si/c1-7-8-18(21(27)28-3)19(15-17-9-11-25(2)12-10-17)20-22-23-24-26(20)16-29-13-14-30(4,5)6/h9-12,18-19H,7-8,13-16H2,1-6H3/q+1/t18-,19-/m0/s1. The lowest BCUT2D eigenvalue weighted by Crippen LogP contribution is -2.29. The predicted octanol–water partition coefficient (Wildman–Crippen LogP) is 2.73. The summed E-state index contributed by atoms with van der Waals surface area (Å²) in [4.78, 5) is 12.6. The first-order chi connectivity index (χ1) is 14.2. The van der Waals surface area contributed by atoms with Gasteiger partial charge < -0.3 is 9.47 Å². The van der Waals surface area contributed by atoms with Gasteiger partial charge in [0.1, 0.15) is 13.8 Å². The summed E-state index contributed by atoms with van der Waals surface area (Å²) in [5.74, 6) is -0.0704. The van der Waals surface area contributed by atoms with Crippen molar-refractivity contribution in [1.29, 1.82) is 0 Å². The van der Waals surface area contributed by atoms with E-state index in [4.69, 9.17) is 9.47 Å². The second-order valence-electron chi connectivity index (χ2n) is 8.99. The highest BCUT2D eigenvalue weighted by molar-refractivity contribution is 6.76. The Bertz CT molecular complexity index is 789. The minimum absolute atomic E-state index is 0.194. The highest BCUT2D eigenvalue weighted by Gasteiger charge is 2.34. The van der Waals surface area contributed by atoms with Crippen molar-refractivity contribution in [1.82, 2.24) is 20.2 Å².